The zero-order valence-electron chi connectivity index (χ0n) is 21.9. The van der Waals surface area contributed by atoms with E-state index < -0.39 is 23.7 Å². The van der Waals surface area contributed by atoms with Crippen LogP contribution < -0.4 is 9.64 Å². The molecule has 1 amide bonds. The maximum absolute atomic E-state index is 13.4. The van der Waals surface area contributed by atoms with E-state index in [0.717, 1.165) is 16.9 Å². The van der Waals surface area contributed by atoms with Gasteiger partial charge in [0.15, 0.2) is 5.13 Å². The van der Waals surface area contributed by atoms with Crippen molar-refractivity contribution in [3.63, 3.8) is 0 Å². The van der Waals surface area contributed by atoms with Gasteiger partial charge in [-0.1, -0.05) is 72.0 Å². The summed E-state index contributed by atoms with van der Waals surface area (Å²) in [4.78, 5) is 45.1. The lowest BCUT2D eigenvalue weighted by atomic mass is 9.95. The number of anilines is 1. The first kappa shape index (κ1) is 26.8. The van der Waals surface area contributed by atoms with Gasteiger partial charge in [-0.2, -0.15) is 0 Å². The van der Waals surface area contributed by atoms with Gasteiger partial charge in [-0.3, -0.25) is 14.5 Å². The molecule has 2 heterocycles. The Bertz CT molecular complexity index is 1580. The summed E-state index contributed by atoms with van der Waals surface area (Å²) in [5.41, 5.74) is 2.30. The van der Waals surface area contributed by atoms with Crippen molar-refractivity contribution in [2.45, 2.75) is 26.5 Å². The highest BCUT2D eigenvalue weighted by Crippen LogP contribution is 2.44. The number of Topliss-reactive ketones (excluding diaryl/α,β-unsaturated/α-hetero) is 1. The monoisotopic (exact) mass is 554 g/mol. The summed E-state index contributed by atoms with van der Waals surface area (Å²) in [6, 6.07) is 24.4. The van der Waals surface area contributed by atoms with Crippen molar-refractivity contribution in [2.75, 3.05) is 11.5 Å². The van der Waals surface area contributed by atoms with Crippen LogP contribution in [0.1, 0.15) is 45.0 Å². The predicted octanol–water partition coefficient (Wildman–Crippen LogP) is 5.83. The lowest BCUT2D eigenvalue weighted by Gasteiger charge is -2.23. The second-order valence-electron chi connectivity index (χ2n) is 9.01. The fourth-order valence-electron chi connectivity index (χ4n) is 4.46. The van der Waals surface area contributed by atoms with E-state index in [2.05, 4.69) is 4.98 Å². The zero-order valence-corrected chi connectivity index (χ0v) is 22.7. The van der Waals surface area contributed by atoms with Crippen molar-refractivity contribution in [3.8, 4) is 5.75 Å². The van der Waals surface area contributed by atoms with Gasteiger partial charge >= 0.3 is 11.9 Å². The van der Waals surface area contributed by atoms with E-state index in [1.54, 1.807) is 62.4 Å². The van der Waals surface area contributed by atoms with Gasteiger partial charge < -0.3 is 14.6 Å². The Balaban J connectivity index is 1.52. The SMILES string of the molecule is CCOC(=O)c1sc(N2C(=O)C(=O)/C(=C(/O)c3ccc(OCc4ccccc4)cc3)C2c2ccccc2)nc1C. The lowest BCUT2D eigenvalue weighted by Crippen LogP contribution is -2.29. The number of aryl methyl sites for hydroxylation is 1. The average molecular weight is 555 g/mol. The Kier molecular flexibility index (Phi) is 7.75. The second kappa shape index (κ2) is 11.5. The number of aliphatic hydroxyl groups excluding tert-OH is 1. The number of hydrogen-bond donors (Lipinski definition) is 1. The Morgan fingerprint density at radius 2 is 1.62 bits per heavy atom. The van der Waals surface area contributed by atoms with Crippen LogP contribution in [0.3, 0.4) is 0 Å². The van der Waals surface area contributed by atoms with E-state index >= 15 is 0 Å². The number of benzene rings is 3. The van der Waals surface area contributed by atoms with Crippen molar-refractivity contribution in [2.24, 2.45) is 0 Å². The molecule has 1 unspecified atom stereocenters. The first-order valence-electron chi connectivity index (χ1n) is 12.7. The Hall–Kier alpha value is -4.76. The third-order valence-electron chi connectivity index (χ3n) is 6.39. The topological polar surface area (TPSA) is 106 Å². The number of rotatable bonds is 8. The van der Waals surface area contributed by atoms with Crippen molar-refractivity contribution >= 4 is 39.9 Å². The number of esters is 1. The number of amides is 1. The van der Waals surface area contributed by atoms with Crippen LogP contribution in [-0.4, -0.2) is 34.4 Å². The number of aliphatic hydroxyl groups is 1. The van der Waals surface area contributed by atoms with Gasteiger partial charge in [0.05, 0.1) is 23.9 Å². The number of carbonyl (C=O) groups excluding carboxylic acids is 3. The number of ether oxygens (including phenoxy) is 2. The number of ketones is 1. The predicted molar refractivity (Wildman–Crippen MR) is 151 cm³/mol. The van der Waals surface area contributed by atoms with E-state index in [9.17, 15) is 19.5 Å². The molecule has 1 atom stereocenters. The summed E-state index contributed by atoms with van der Waals surface area (Å²) < 4.78 is 10.9. The molecule has 1 N–H and O–H groups in total. The van der Waals surface area contributed by atoms with E-state index in [1.165, 1.54) is 4.90 Å². The molecular weight excluding hydrogens is 528 g/mol. The highest BCUT2D eigenvalue weighted by atomic mass is 32.1. The van der Waals surface area contributed by atoms with Gasteiger partial charge in [-0.25, -0.2) is 9.78 Å². The maximum atomic E-state index is 13.4. The molecule has 1 aliphatic heterocycles. The van der Waals surface area contributed by atoms with Crippen LogP contribution in [0.25, 0.3) is 5.76 Å². The summed E-state index contributed by atoms with van der Waals surface area (Å²) in [6.07, 6.45) is 0. The van der Waals surface area contributed by atoms with Crippen molar-refractivity contribution in [1.82, 2.24) is 4.98 Å². The molecule has 1 fully saturated rings. The minimum atomic E-state index is -0.948. The number of aromatic nitrogens is 1. The highest BCUT2D eigenvalue weighted by Gasteiger charge is 2.48. The normalized spacial score (nSPS) is 16.2. The summed E-state index contributed by atoms with van der Waals surface area (Å²) in [7, 11) is 0. The number of nitrogens with zero attached hydrogens (tertiary/aromatic N) is 2. The molecule has 8 nitrogen and oxygen atoms in total. The summed E-state index contributed by atoms with van der Waals surface area (Å²) >= 11 is 0.971. The fourth-order valence-corrected chi connectivity index (χ4v) is 5.44. The molecule has 4 aromatic rings. The molecule has 1 aromatic heterocycles. The number of carbonyl (C=O) groups is 3. The van der Waals surface area contributed by atoms with Gasteiger partial charge in [0.25, 0.3) is 5.78 Å². The van der Waals surface area contributed by atoms with Gasteiger partial charge in [0, 0.05) is 5.56 Å². The molecular formula is C31H26N2O6S. The van der Waals surface area contributed by atoms with Gasteiger partial charge in [-0.05, 0) is 49.2 Å². The van der Waals surface area contributed by atoms with Gasteiger partial charge in [-0.15, -0.1) is 0 Å². The molecule has 40 heavy (non-hydrogen) atoms. The standard InChI is InChI=1S/C31H26N2O6S/c1-3-38-30(37)28-19(2)32-31(40-28)33-25(21-12-8-5-9-13-21)24(27(35)29(33)36)26(34)22-14-16-23(17-15-22)39-18-20-10-6-4-7-11-20/h4-17,25,34H,3,18H2,1-2H3/b26-24+. The maximum Gasteiger partial charge on any atom is 0.350 e. The van der Waals surface area contributed by atoms with Crippen molar-refractivity contribution in [3.05, 3.63) is 118 Å². The van der Waals surface area contributed by atoms with Crippen molar-refractivity contribution in [1.29, 1.82) is 0 Å². The molecule has 0 spiro atoms. The first-order valence-corrected chi connectivity index (χ1v) is 13.5. The minimum absolute atomic E-state index is 0.0697. The van der Waals surface area contributed by atoms with Crippen LogP contribution in [0.15, 0.2) is 90.5 Å². The summed E-state index contributed by atoms with van der Waals surface area (Å²) in [5.74, 6) is -1.97. The summed E-state index contributed by atoms with van der Waals surface area (Å²) in [5, 5.41) is 11.5. The van der Waals surface area contributed by atoms with Gasteiger partial charge in [0.2, 0.25) is 0 Å². The lowest BCUT2D eigenvalue weighted by molar-refractivity contribution is -0.132. The second-order valence-corrected chi connectivity index (χ2v) is 9.99. The third kappa shape index (κ3) is 5.23. The minimum Gasteiger partial charge on any atom is -0.507 e. The zero-order chi connectivity index (χ0) is 28.2. The molecule has 0 saturated carbocycles. The summed E-state index contributed by atoms with van der Waals surface area (Å²) in [6.45, 7) is 3.91. The quantitative estimate of drug-likeness (QED) is 0.126. The smallest absolute Gasteiger partial charge is 0.350 e. The first-order chi connectivity index (χ1) is 19.4. The Labute approximate surface area is 235 Å². The molecule has 3 aromatic carbocycles. The average Bonchev–Trinajstić information content (AvgIpc) is 3.49. The number of thiazole rings is 1. The van der Waals surface area contributed by atoms with Crippen molar-refractivity contribution < 1.29 is 29.0 Å². The Morgan fingerprint density at radius 1 is 0.975 bits per heavy atom. The molecule has 5 rings (SSSR count). The van der Waals surface area contributed by atoms with Crippen LogP contribution in [0, 0.1) is 6.92 Å². The fraction of sp³-hybridized carbons (Fsp3) is 0.161. The van der Waals surface area contributed by atoms with Crippen LogP contribution in [0.5, 0.6) is 5.75 Å². The third-order valence-corrected chi connectivity index (χ3v) is 7.52. The molecule has 0 aliphatic carbocycles. The van der Waals surface area contributed by atoms with E-state index in [4.69, 9.17) is 9.47 Å². The van der Waals surface area contributed by atoms with E-state index in [1.807, 2.05) is 36.4 Å². The largest absolute Gasteiger partial charge is 0.507 e. The van der Waals surface area contributed by atoms with Crippen LogP contribution >= 0.6 is 11.3 Å². The number of hydrogen-bond acceptors (Lipinski definition) is 8. The van der Waals surface area contributed by atoms with Crippen LogP contribution in [0.4, 0.5) is 5.13 Å². The molecule has 9 heteroatoms. The van der Waals surface area contributed by atoms with E-state index in [-0.39, 0.29) is 27.9 Å². The molecule has 0 radical (unpaired) electrons. The molecule has 1 aliphatic rings. The molecule has 202 valence electrons. The Morgan fingerprint density at radius 3 is 2.27 bits per heavy atom. The van der Waals surface area contributed by atoms with Crippen LogP contribution in [0.2, 0.25) is 0 Å². The van der Waals surface area contributed by atoms with Crippen LogP contribution in [-0.2, 0) is 20.9 Å². The van der Waals surface area contributed by atoms with Gasteiger partial charge in [0.1, 0.15) is 23.0 Å². The molecule has 1 saturated heterocycles. The highest BCUT2D eigenvalue weighted by molar-refractivity contribution is 7.17. The van der Waals surface area contributed by atoms with E-state index in [0.29, 0.717) is 29.2 Å². The molecule has 0 bridgehead atoms.